The summed E-state index contributed by atoms with van der Waals surface area (Å²) in [6, 6.07) is 10.8. The summed E-state index contributed by atoms with van der Waals surface area (Å²) in [5, 5.41) is 3.53. The van der Waals surface area contributed by atoms with Gasteiger partial charge in [0.25, 0.3) is 0 Å². The normalized spacial score (nSPS) is 11.3. The molecule has 0 saturated heterocycles. The number of benzene rings is 1. The minimum atomic E-state index is 0.759. The lowest BCUT2D eigenvalue weighted by atomic mass is 10.1. The van der Waals surface area contributed by atoms with Crippen LogP contribution in [-0.2, 0) is 13.1 Å². The van der Waals surface area contributed by atoms with Gasteiger partial charge in [0.05, 0.1) is 18.4 Å². The van der Waals surface area contributed by atoms with Gasteiger partial charge in [0.15, 0.2) is 0 Å². The Morgan fingerprint density at radius 2 is 2.00 bits per heavy atom. The summed E-state index contributed by atoms with van der Waals surface area (Å²) < 4.78 is 2.15. The molecule has 1 aromatic carbocycles. The van der Waals surface area contributed by atoms with Crippen molar-refractivity contribution in [2.75, 3.05) is 19.4 Å². The molecule has 2 heterocycles. The van der Waals surface area contributed by atoms with E-state index in [1.54, 1.807) is 0 Å². The number of hydrogen-bond acceptors (Lipinski definition) is 3. The molecule has 3 rings (SSSR count). The van der Waals surface area contributed by atoms with E-state index in [-0.39, 0.29) is 0 Å². The lowest BCUT2D eigenvalue weighted by Gasteiger charge is -2.13. The van der Waals surface area contributed by atoms with Gasteiger partial charge in [-0.1, -0.05) is 12.1 Å². The molecule has 0 spiro atoms. The van der Waals surface area contributed by atoms with Crippen molar-refractivity contribution in [1.82, 2.24) is 14.3 Å². The van der Waals surface area contributed by atoms with Gasteiger partial charge in [0, 0.05) is 18.4 Å². The predicted octanol–water partition coefficient (Wildman–Crippen LogP) is 3.62. The number of anilines is 1. The molecule has 4 nitrogen and oxygen atoms in total. The number of nitrogens with zero attached hydrogens (tertiary/aromatic N) is 3. The smallest absolute Gasteiger partial charge is 0.139 e. The fourth-order valence-electron chi connectivity index (χ4n) is 2.95. The second-order valence-electron chi connectivity index (χ2n) is 6.43. The van der Waals surface area contributed by atoms with Gasteiger partial charge in [-0.25, -0.2) is 4.98 Å². The molecule has 0 aliphatic rings. The molecule has 120 valence electrons. The Balaban J connectivity index is 1.79. The maximum atomic E-state index is 4.52. The molecule has 0 aliphatic carbocycles. The third-order valence-electron chi connectivity index (χ3n) is 3.92. The topological polar surface area (TPSA) is 32.6 Å². The van der Waals surface area contributed by atoms with Crippen LogP contribution in [0.2, 0.25) is 0 Å². The van der Waals surface area contributed by atoms with Gasteiger partial charge in [-0.2, -0.15) is 0 Å². The standard InChI is InChI=1S/C19H24N4/c1-14-8-16(13-22(3)4)10-17(9-14)20-11-18-12-21-19-15(2)6-5-7-23(18)19/h5-10,12,20H,11,13H2,1-4H3. The van der Waals surface area contributed by atoms with Crippen molar-refractivity contribution in [3.05, 3.63) is 65.1 Å². The highest BCUT2D eigenvalue weighted by atomic mass is 15.1. The highest BCUT2D eigenvalue weighted by Gasteiger charge is 2.06. The molecular formula is C19H24N4. The van der Waals surface area contributed by atoms with Gasteiger partial charge < -0.3 is 14.6 Å². The molecule has 0 atom stereocenters. The number of rotatable bonds is 5. The van der Waals surface area contributed by atoms with Gasteiger partial charge in [0.1, 0.15) is 5.65 Å². The van der Waals surface area contributed by atoms with Crippen LogP contribution < -0.4 is 5.32 Å². The number of nitrogens with one attached hydrogen (secondary N) is 1. The highest BCUT2D eigenvalue weighted by molar-refractivity contribution is 5.51. The Morgan fingerprint density at radius 3 is 2.78 bits per heavy atom. The summed E-state index contributed by atoms with van der Waals surface area (Å²) in [5.41, 5.74) is 7.15. The lowest BCUT2D eigenvalue weighted by molar-refractivity contribution is 0.402. The number of aryl methyl sites for hydroxylation is 2. The van der Waals surface area contributed by atoms with Gasteiger partial charge >= 0.3 is 0 Å². The fraction of sp³-hybridized carbons (Fsp3) is 0.316. The first kappa shape index (κ1) is 15.6. The van der Waals surface area contributed by atoms with Crippen LogP contribution in [0.3, 0.4) is 0 Å². The summed E-state index contributed by atoms with van der Waals surface area (Å²) in [4.78, 5) is 6.71. The van der Waals surface area contributed by atoms with E-state index in [0.717, 1.165) is 24.4 Å². The number of pyridine rings is 1. The molecule has 0 amide bonds. The van der Waals surface area contributed by atoms with Gasteiger partial charge in [0.2, 0.25) is 0 Å². The summed E-state index contributed by atoms with van der Waals surface area (Å²) in [5.74, 6) is 0. The zero-order valence-corrected chi connectivity index (χ0v) is 14.3. The molecule has 4 heteroatoms. The first-order valence-electron chi connectivity index (χ1n) is 7.93. The molecule has 0 bridgehead atoms. The van der Waals surface area contributed by atoms with Crippen LogP contribution in [0, 0.1) is 13.8 Å². The van der Waals surface area contributed by atoms with Crippen molar-refractivity contribution in [3.8, 4) is 0 Å². The molecule has 0 unspecified atom stereocenters. The molecule has 2 aromatic heterocycles. The number of aromatic nitrogens is 2. The van der Waals surface area contributed by atoms with E-state index in [9.17, 15) is 0 Å². The third kappa shape index (κ3) is 3.54. The Labute approximate surface area is 137 Å². The van der Waals surface area contributed by atoms with E-state index in [0.29, 0.717) is 0 Å². The lowest BCUT2D eigenvalue weighted by Crippen LogP contribution is -2.11. The zero-order valence-electron chi connectivity index (χ0n) is 14.3. The van der Waals surface area contributed by atoms with Gasteiger partial charge in [-0.15, -0.1) is 0 Å². The van der Waals surface area contributed by atoms with Crippen LogP contribution in [0.1, 0.15) is 22.4 Å². The monoisotopic (exact) mass is 308 g/mol. The van der Waals surface area contributed by atoms with Crippen molar-refractivity contribution in [1.29, 1.82) is 0 Å². The minimum Gasteiger partial charge on any atom is -0.379 e. The molecule has 0 saturated carbocycles. The molecule has 0 radical (unpaired) electrons. The molecule has 0 aliphatic heterocycles. The SMILES string of the molecule is Cc1cc(CN(C)C)cc(NCc2cnc3c(C)cccn23)c1. The summed E-state index contributed by atoms with van der Waals surface area (Å²) in [6.45, 7) is 5.94. The highest BCUT2D eigenvalue weighted by Crippen LogP contribution is 2.17. The molecular weight excluding hydrogens is 284 g/mol. The van der Waals surface area contributed by atoms with Crippen LogP contribution >= 0.6 is 0 Å². The quantitative estimate of drug-likeness (QED) is 0.781. The molecule has 3 aromatic rings. The first-order valence-corrected chi connectivity index (χ1v) is 7.93. The van der Waals surface area contributed by atoms with Crippen molar-refractivity contribution in [2.45, 2.75) is 26.9 Å². The second-order valence-corrected chi connectivity index (χ2v) is 6.43. The average molecular weight is 308 g/mol. The van der Waals surface area contributed by atoms with Crippen LogP contribution in [0.25, 0.3) is 5.65 Å². The van der Waals surface area contributed by atoms with E-state index in [1.165, 1.54) is 22.4 Å². The van der Waals surface area contributed by atoms with Crippen molar-refractivity contribution < 1.29 is 0 Å². The van der Waals surface area contributed by atoms with E-state index < -0.39 is 0 Å². The summed E-state index contributed by atoms with van der Waals surface area (Å²) >= 11 is 0. The Kier molecular flexibility index (Phi) is 4.35. The summed E-state index contributed by atoms with van der Waals surface area (Å²) in [6.07, 6.45) is 4.02. The van der Waals surface area contributed by atoms with Gasteiger partial charge in [-0.05, 0) is 62.8 Å². The Hall–Kier alpha value is -2.33. The van der Waals surface area contributed by atoms with Crippen LogP contribution in [0.4, 0.5) is 5.69 Å². The molecule has 0 fully saturated rings. The number of imidazole rings is 1. The Bertz CT molecular complexity index is 817. The largest absolute Gasteiger partial charge is 0.379 e. The molecule has 1 N–H and O–H groups in total. The first-order chi connectivity index (χ1) is 11.0. The van der Waals surface area contributed by atoms with Crippen molar-refractivity contribution in [3.63, 3.8) is 0 Å². The van der Waals surface area contributed by atoms with Crippen LogP contribution in [0.5, 0.6) is 0 Å². The Morgan fingerprint density at radius 1 is 1.17 bits per heavy atom. The van der Waals surface area contributed by atoms with Crippen molar-refractivity contribution >= 4 is 11.3 Å². The number of fused-ring (bicyclic) bond motifs is 1. The minimum absolute atomic E-state index is 0.759. The van der Waals surface area contributed by atoms with Crippen LogP contribution in [0.15, 0.2) is 42.7 Å². The van der Waals surface area contributed by atoms with Gasteiger partial charge in [-0.3, -0.25) is 0 Å². The maximum Gasteiger partial charge on any atom is 0.139 e. The second kappa shape index (κ2) is 6.42. The van der Waals surface area contributed by atoms with E-state index in [1.807, 2.05) is 6.20 Å². The fourth-order valence-corrected chi connectivity index (χ4v) is 2.95. The zero-order chi connectivity index (χ0) is 16.4. The third-order valence-corrected chi connectivity index (χ3v) is 3.92. The molecule has 23 heavy (non-hydrogen) atoms. The van der Waals surface area contributed by atoms with Crippen LogP contribution in [-0.4, -0.2) is 28.4 Å². The summed E-state index contributed by atoms with van der Waals surface area (Å²) in [7, 11) is 4.19. The predicted molar refractivity (Wildman–Crippen MR) is 95.8 cm³/mol. The van der Waals surface area contributed by atoms with Crippen molar-refractivity contribution in [2.24, 2.45) is 0 Å². The maximum absolute atomic E-state index is 4.52. The van der Waals surface area contributed by atoms with E-state index in [2.05, 4.69) is 84.1 Å². The average Bonchev–Trinajstić information content (AvgIpc) is 2.88. The van der Waals surface area contributed by atoms with E-state index in [4.69, 9.17) is 0 Å². The number of hydrogen-bond donors (Lipinski definition) is 1. The van der Waals surface area contributed by atoms with E-state index >= 15 is 0 Å².